The number of benzene rings is 2. The fourth-order valence-corrected chi connectivity index (χ4v) is 2.81. The summed E-state index contributed by atoms with van der Waals surface area (Å²) in [6, 6.07) is 21.6. The zero-order valence-corrected chi connectivity index (χ0v) is 15.9. The van der Waals surface area contributed by atoms with E-state index in [1.807, 2.05) is 48.5 Å². The van der Waals surface area contributed by atoms with Crippen LogP contribution in [0.25, 0.3) is 5.78 Å². The van der Waals surface area contributed by atoms with E-state index in [-0.39, 0.29) is 18.0 Å². The molecular formula is C20H21ClN6O. The minimum atomic E-state index is -0.184. The molecule has 0 aliphatic carbocycles. The molecule has 0 saturated carbocycles. The second-order valence-corrected chi connectivity index (χ2v) is 6.22. The molecule has 7 nitrogen and oxygen atoms in total. The van der Waals surface area contributed by atoms with Gasteiger partial charge < -0.3 is 10.6 Å². The molecule has 144 valence electrons. The van der Waals surface area contributed by atoms with E-state index in [1.165, 1.54) is 16.1 Å². The normalized spacial score (nSPS) is 10.6. The molecule has 0 bridgehead atoms. The maximum Gasteiger partial charge on any atom is 0.274 e. The van der Waals surface area contributed by atoms with Gasteiger partial charge in [0.1, 0.15) is 0 Å². The van der Waals surface area contributed by atoms with Crippen LogP contribution in [0.1, 0.15) is 16.8 Å². The number of aromatic nitrogens is 4. The number of hydrogen-bond donors (Lipinski definition) is 3. The molecule has 0 aliphatic rings. The summed E-state index contributed by atoms with van der Waals surface area (Å²) in [5.74, 6) is 0.868. The van der Waals surface area contributed by atoms with Crippen molar-refractivity contribution in [2.24, 2.45) is 0 Å². The lowest BCUT2D eigenvalue weighted by molar-refractivity contribution is 0.676. The first-order valence-electron chi connectivity index (χ1n) is 8.79. The lowest BCUT2D eigenvalue weighted by atomic mass is 10.2. The molecule has 0 fully saturated rings. The van der Waals surface area contributed by atoms with Crippen LogP contribution in [0.15, 0.2) is 71.5 Å². The van der Waals surface area contributed by atoms with E-state index < -0.39 is 0 Å². The van der Waals surface area contributed by atoms with Crippen molar-refractivity contribution in [3.05, 3.63) is 93.9 Å². The summed E-state index contributed by atoms with van der Waals surface area (Å²) in [5, 5.41) is 9.42. The van der Waals surface area contributed by atoms with Crippen LogP contribution >= 0.6 is 12.4 Å². The smallest absolute Gasteiger partial charge is 0.274 e. The number of H-pyrrole nitrogens is 1. The van der Waals surface area contributed by atoms with E-state index >= 15 is 0 Å². The lowest BCUT2D eigenvalue weighted by Gasteiger charge is -2.04. The highest BCUT2D eigenvalue weighted by atomic mass is 35.5. The summed E-state index contributed by atoms with van der Waals surface area (Å²) in [4.78, 5) is 21.2. The molecule has 0 amide bonds. The minimum Gasteiger partial charge on any atom is -0.351 e. The van der Waals surface area contributed by atoms with E-state index in [0.717, 1.165) is 5.56 Å². The minimum absolute atomic E-state index is 0. The number of aromatic amines is 1. The number of halogens is 1. The number of anilines is 1. The van der Waals surface area contributed by atoms with Crippen molar-refractivity contribution in [3.63, 3.8) is 0 Å². The van der Waals surface area contributed by atoms with Gasteiger partial charge in [-0.05, 0) is 11.1 Å². The molecule has 4 rings (SSSR count). The van der Waals surface area contributed by atoms with Gasteiger partial charge in [-0.25, -0.2) is 4.98 Å². The molecule has 0 saturated heterocycles. The summed E-state index contributed by atoms with van der Waals surface area (Å²) in [6.45, 7) is 1.83. The number of fused-ring (bicyclic) bond motifs is 1. The molecule has 0 aliphatic heterocycles. The largest absolute Gasteiger partial charge is 0.351 e. The zero-order valence-electron chi connectivity index (χ0n) is 15.1. The van der Waals surface area contributed by atoms with Crippen molar-refractivity contribution < 1.29 is 0 Å². The van der Waals surface area contributed by atoms with Gasteiger partial charge in [0, 0.05) is 25.7 Å². The first-order chi connectivity index (χ1) is 13.3. The van der Waals surface area contributed by atoms with Crippen LogP contribution in [0.5, 0.6) is 0 Å². The van der Waals surface area contributed by atoms with E-state index in [9.17, 15) is 4.79 Å². The highest BCUT2D eigenvalue weighted by molar-refractivity contribution is 5.85. The van der Waals surface area contributed by atoms with Gasteiger partial charge in [-0.3, -0.25) is 9.89 Å². The van der Waals surface area contributed by atoms with Crippen LogP contribution in [-0.4, -0.2) is 19.6 Å². The van der Waals surface area contributed by atoms with Crippen LogP contribution in [0.4, 0.5) is 5.95 Å². The molecule has 3 N–H and O–H groups in total. The second-order valence-electron chi connectivity index (χ2n) is 6.22. The molecule has 0 atom stereocenters. The summed E-state index contributed by atoms with van der Waals surface area (Å²) >= 11 is 0. The predicted octanol–water partition coefficient (Wildman–Crippen LogP) is 2.74. The predicted molar refractivity (Wildman–Crippen MR) is 112 cm³/mol. The average Bonchev–Trinajstić information content (AvgIpc) is 3.12. The Balaban J connectivity index is 0.00000225. The molecule has 2 heterocycles. The van der Waals surface area contributed by atoms with Crippen molar-refractivity contribution in [1.29, 1.82) is 0 Å². The summed E-state index contributed by atoms with van der Waals surface area (Å²) in [7, 11) is 0. The number of nitrogens with one attached hydrogen (secondary N) is 3. The van der Waals surface area contributed by atoms with Crippen LogP contribution in [0, 0.1) is 0 Å². The molecule has 28 heavy (non-hydrogen) atoms. The SMILES string of the molecule is Cl.O=c1cc(CNCc2ccccc2)nc2nc(NCc3ccccc3)[nH]n12. The van der Waals surface area contributed by atoms with Crippen LogP contribution in [-0.2, 0) is 19.6 Å². The maximum absolute atomic E-state index is 12.3. The van der Waals surface area contributed by atoms with E-state index in [2.05, 4.69) is 37.8 Å². The summed E-state index contributed by atoms with van der Waals surface area (Å²) in [5.41, 5.74) is 2.79. The third kappa shape index (κ3) is 4.76. The topological polar surface area (TPSA) is 87.1 Å². The van der Waals surface area contributed by atoms with Crippen molar-refractivity contribution in [3.8, 4) is 0 Å². The van der Waals surface area contributed by atoms with Crippen molar-refractivity contribution in [1.82, 2.24) is 24.9 Å². The highest BCUT2D eigenvalue weighted by Gasteiger charge is 2.08. The van der Waals surface area contributed by atoms with Crippen LogP contribution in [0.3, 0.4) is 0 Å². The van der Waals surface area contributed by atoms with Gasteiger partial charge in [-0.15, -0.1) is 12.4 Å². The Hall–Kier alpha value is -3.16. The third-order valence-electron chi connectivity index (χ3n) is 4.16. The van der Waals surface area contributed by atoms with Gasteiger partial charge in [-0.2, -0.15) is 9.50 Å². The Bertz CT molecular complexity index is 1080. The summed E-state index contributed by atoms with van der Waals surface area (Å²) < 4.78 is 1.34. The van der Waals surface area contributed by atoms with E-state index in [4.69, 9.17) is 0 Å². The molecular weight excluding hydrogens is 376 g/mol. The molecule has 2 aromatic heterocycles. The Morgan fingerprint density at radius 3 is 2.18 bits per heavy atom. The van der Waals surface area contributed by atoms with Gasteiger partial charge in [0.15, 0.2) is 0 Å². The van der Waals surface area contributed by atoms with E-state index in [1.54, 1.807) is 0 Å². The van der Waals surface area contributed by atoms with Crippen molar-refractivity contribution >= 4 is 24.1 Å². The second kappa shape index (κ2) is 9.16. The van der Waals surface area contributed by atoms with Gasteiger partial charge >= 0.3 is 0 Å². The molecule has 0 radical (unpaired) electrons. The standard InChI is InChI=1S/C20H20N6O.ClH/c27-18-11-17(14-21-12-15-7-3-1-4-8-15)23-20-24-19(25-26(18)20)22-13-16-9-5-2-6-10-16;/h1-11,21H,12-14H2,(H2,22,23,24,25);1H. The Morgan fingerprint density at radius 2 is 1.50 bits per heavy atom. The Kier molecular flexibility index (Phi) is 6.41. The fourth-order valence-electron chi connectivity index (χ4n) is 2.81. The number of hydrogen-bond acceptors (Lipinski definition) is 5. The first kappa shape index (κ1) is 19.6. The lowest BCUT2D eigenvalue weighted by Crippen LogP contribution is -2.20. The Morgan fingerprint density at radius 1 is 0.857 bits per heavy atom. The molecule has 2 aromatic carbocycles. The van der Waals surface area contributed by atoms with Crippen molar-refractivity contribution in [2.75, 3.05) is 5.32 Å². The van der Waals surface area contributed by atoms with Crippen molar-refractivity contribution in [2.45, 2.75) is 19.6 Å². The highest BCUT2D eigenvalue weighted by Crippen LogP contribution is 2.06. The van der Waals surface area contributed by atoms with Gasteiger partial charge in [0.05, 0.1) is 5.69 Å². The van der Waals surface area contributed by atoms with Crippen LogP contribution in [0.2, 0.25) is 0 Å². The van der Waals surface area contributed by atoms with Gasteiger partial charge in [0.2, 0.25) is 5.95 Å². The average molecular weight is 397 g/mol. The summed E-state index contributed by atoms with van der Waals surface area (Å²) in [6.07, 6.45) is 0. The van der Waals surface area contributed by atoms with Crippen LogP contribution < -0.4 is 16.2 Å². The van der Waals surface area contributed by atoms with Gasteiger partial charge in [-0.1, -0.05) is 60.7 Å². The molecule has 8 heteroatoms. The monoisotopic (exact) mass is 396 g/mol. The molecule has 0 spiro atoms. The maximum atomic E-state index is 12.3. The van der Waals surface area contributed by atoms with E-state index in [0.29, 0.717) is 37.1 Å². The molecule has 0 unspecified atom stereocenters. The zero-order chi connectivity index (χ0) is 18.5. The van der Waals surface area contributed by atoms with Gasteiger partial charge in [0.25, 0.3) is 11.3 Å². The number of nitrogens with zero attached hydrogens (tertiary/aromatic N) is 3. The third-order valence-corrected chi connectivity index (χ3v) is 4.16. The first-order valence-corrected chi connectivity index (χ1v) is 8.79. The fraction of sp³-hybridized carbons (Fsp3) is 0.150. The number of rotatable bonds is 7. The quantitative estimate of drug-likeness (QED) is 0.447. The molecule has 4 aromatic rings. The Labute approximate surface area is 168 Å².